The second-order valence-electron chi connectivity index (χ2n) is 8.36. The highest BCUT2D eigenvalue weighted by molar-refractivity contribution is 5.98. The van der Waals surface area contributed by atoms with E-state index in [2.05, 4.69) is 23.7 Å². The van der Waals surface area contributed by atoms with Crippen molar-refractivity contribution in [3.63, 3.8) is 0 Å². The van der Waals surface area contributed by atoms with E-state index in [9.17, 15) is 14.7 Å². The molecule has 0 aliphatic rings. The number of carbonyl (C=O) groups excluding carboxylic acids is 1. The van der Waals surface area contributed by atoms with E-state index in [1.165, 1.54) is 0 Å². The normalized spacial score (nSPS) is 12.2. The van der Waals surface area contributed by atoms with Crippen LogP contribution in [0.15, 0.2) is 71.3 Å². The van der Waals surface area contributed by atoms with Crippen LogP contribution in [0.4, 0.5) is 0 Å². The van der Waals surface area contributed by atoms with Crippen LogP contribution in [0.5, 0.6) is 0 Å². The molecular weight excluding hydrogens is 430 g/mol. The largest absolute Gasteiger partial charge is 0.481 e. The fraction of sp³-hybridized carbons (Fsp3) is 0.296. The molecule has 0 fully saturated rings. The van der Waals surface area contributed by atoms with Crippen molar-refractivity contribution in [2.24, 2.45) is 0 Å². The van der Waals surface area contributed by atoms with Crippen molar-refractivity contribution in [3.05, 3.63) is 89.6 Å². The molecular formula is C27H29N3O4. The lowest BCUT2D eigenvalue weighted by Gasteiger charge is -2.19. The molecule has 0 bridgehead atoms. The predicted molar refractivity (Wildman–Crippen MR) is 130 cm³/mol. The zero-order chi connectivity index (χ0) is 24.1. The topological polar surface area (TPSA) is 97.4 Å². The Morgan fingerprint density at radius 3 is 2.47 bits per heavy atom. The monoisotopic (exact) mass is 459 g/mol. The van der Waals surface area contributed by atoms with Gasteiger partial charge in [-0.3, -0.25) is 9.59 Å². The van der Waals surface area contributed by atoms with Crippen LogP contribution in [-0.2, 0) is 11.2 Å². The number of hydrogen-bond donors (Lipinski definition) is 2. The number of benzene rings is 2. The van der Waals surface area contributed by atoms with Crippen molar-refractivity contribution >= 4 is 22.9 Å². The number of hydrogen-bond acceptors (Lipinski definition) is 4. The first-order chi connectivity index (χ1) is 16.5. The van der Waals surface area contributed by atoms with Crippen LogP contribution < -0.4 is 5.32 Å². The standard InChI is InChI=1S/C27H29N3O4/c1-3-20(4-2)30-24-13-12-19(15-23(24)28-25(30)16-21-11-8-14-34-21)27(33)29-22(17-26(31)32)18-9-6-5-7-10-18/h5-15,20,22H,3-4,16-17H2,1-2H3,(H,29,33)(H,31,32). The molecule has 0 aliphatic carbocycles. The van der Waals surface area contributed by atoms with Crippen LogP contribution in [0.1, 0.15) is 72.7 Å². The van der Waals surface area contributed by atoms with E-state index >= 15 is 0 Å². The van der Waals surface area contributed by atoms with Crippen LogP contribution in [0.25, 0.3) is 11.0 Å². The molecule has 0 aliphatic heterocycles. The maximum Gasteiger partial charge on any atom is 0.305 e. The summed E-state index contributed by atoms with van der Waals surface area (Å²) in [6.07, 6.45) is 3.94. The van der Waals surface area contributed by atoms with Crippen molar-refractivity contribution in [3.8, 4) is 0 Å². The number of aliphatic carboxylic acids is 1. The predicted octanol–water partition coefficient (Wildman–Crippen LogP) is 5.53. The number of carbonyl (C=O) groups is 2. The molecule has 2 N–H and O–H groups in total. The summed E-state index contributed by atoms with van der Waals surface area (Å²) in [5.41, 5.74) is 2.89. The number of carboxylic acids is 1. The first-order valence-electron chi connectivity index (χ1n) is 11.6. The maximum absolute atomic E-state index is 13.1. The van der Waals surface area contributed by atoms with Gasteiger partial charge in [0.1, 0.15) is 11.6 Å². The van der Waals surface area contributed by atoms with Gasteiger partial charge in [0.2, 0.25) is 0 Å². The van der Waals surface area contributed by atoms with E-state index < -0.39 is 12.0 Å². The number of rotatable bonds is 10. The summed E-state index contributed by atoms with van der Waals surface area (Å²) in [5, 5.41) is 12.2. The van der Waals surface area contributed by atoms with Crippen molar-refractivity contribution in [1.29, 1.82) is 0 Å². The second kappa shape index (κ2) is 10.4. The van der Waals surface area contributed by atoms with Gasteiger partial charge in [0.05, 0.1) is 36.2 Å². The quantitative estimate of drug-likeness (QED) is 0.325. The zero-order valence-corrected chi connectivity index (χ0v) is 19.4. The molecule has 4 rings (SSSR count). The molecule has 0 saturated carbocycles. The van der Waals surface area contributed by atoms with Gasteiger partial charge in [0.15, 0.2) is 0 Å². The summed E-state index contributed by atoms with van der Waals surface area (Å²) in [4.78, 5) is 29.4. The van der Waals surface area contributed by atoms with Crippen molar-refractivity contribution < 1.29 is 19.1 Å². The van der Waals surface area contributed by atoms with Gasteiger partial charge in [-0.05, 0) is 48.7 Å². The minimum atomic E-state index is -0.976. The summed E-state index contributed by atoms with van der Waals surface area (Å²) in [6, 6.07) is 18.1. The van der Waals surface area contributed by atoms with E-state index in [0.29, 0.717) is 12.0 Å². The third-order valence-electron chi connectivity index (χ3n) is 6.13. The molecule has 0 saturated heterocycles. The molecule has 176 valence electrons. The molecule has 2 aromatic heterocycles. The van der Waals surface area contributed by atoms with Crippen molar-refractivity contribution in [1.82, 2.24) is 14.9 Å². The van der Waals surface area contributed by atoms with Gasteiger partial charge in [0, 0.05) is 11.6 Å². The number of nitrogens with one attached hydrogen (secondary N) is 1. The Labute approximate surface area is 198 Å². The van der Waals surface area contributed by atoms with Gasteiger partial charge in [-0.2, -0.15) is 0 Å². The molecule has 2 aromatic carbocycles. The number of nitrogens with zero attached hydrogens (tertiary/aromatic N) is 2. The van der Waals surface area contributed by atoms with E-state index in [-0.39, 0.29) is 18.4 Å². The Bertz CT molecular complexity index is 1260. The summed E-state index contributed by atoms with van der Waals surface area (Å²) in [7, 11) is 0. The van der Waals surface area contributed by atoms with E-state index in [1.807, 2.05) is 48.5 Å². The second-order valence-corrected chi connectivity index (χ2v) is 8.36. The van der Waals surface area contributed by atoms with Crippen LogP contribution in [0.2, 0.25) is 0 Å². The average Bonchev–Trinajstić information content (AvgIpc) is 3.47. The molecule has 0 radical (unpaired) electrons. The lowest BCUT2D eigenvalue weighted by molar-refractivity contribution is -0.137. The summed E-state index contributed by atoms with van der Waals surface area (Å²) in [6.45, 7) is 4.31. The molecule has 2 heterocycles. The molecule has 7 heteroatoms. The SMILES string of the molecule is CCC(CC)n1c(Cc2ccco2)nc2cc(C(=O)NC(CC(=O)O)c3ccccc3)ccc21. The Morgan fingerprint density at radius 2 is 1.82 bits per heavy atom. The zero-order valence-electron chi connectivity index (χ0n) is 19.4. The number of furan rings is 1. The summed E-state index contributed by atoms with van der Waals surface area (Å²) in [5.74, 6) is 0.418. The highest BCUT2D eigenvalue weighted by atomic mass is 16.4. The maximum atomic E-state index is 13.1. The fourth-order valence-electron chi connectivity index (χ4n) is 4.40. The van der Waals surface area contributed by atoms with Crippen molar-refractivity contribution in [2.45, 2.75) is 51.6 Å². The van der Waals surface area contributed by atoms with E-state index in [0.717, 1.165) is 41.0 Å². The van der Waals surface area contributed by atoms with Crippen LogP contribution >= 0.6 is 0 Å². The minimum absolute atomic E-state index is 0.200. The third-order valence-corrected chi connectivity index (χ3v) is 6.13. The number of amides is 1. The average molecular weight is 460 g/mol. The molecule has 1 atom stereocenters. The first kappa shape index (κ1) is 23.3. The van der Waals surface area contributed by atoms with Gasteiger partial charge >= 0.3 is 5.97 Å². The highest BCUT2D eigenvalue weighted by Gasteiger charge is 2.22. The lowest BCUT2D eigenvalue weighted by Crippen LogP contribution is -2.30. The van der Waals surface area contributed by atoms with Crippen LogP contribution in [0.3, 0.4) is 0 Å². The number of aromatic nitrogens is 2. The number of carboxylic acid groups (broad SMARTS) is 1. The minimum Gasteiger partial charge on any atom is -0.481 e. The fourth-order valence-corrected chi connectivity index (χ4v) is 4.40. The third kappa shape index (κ3) is 5.03. The Kier molecular flexibility index (Phi) is 7.11. The van der Waals surface area contributed by atoms with Gasteiger partial charge in [0.25, 0.3) is 5.91 Å². The van der Waals surface area contributed by atoms with Gasteiger partial charge in [-0.1, -0.05) is 44.2 Å². The van der Waals surface area contributed by atoms with Crippen LogP contribution in [0, 0.1) is 0 Å². The Hall–Kier alpha value is -3.87. The smallest absolute Gasteiger partial charge is 0.305 e. The van der Waals surface area contributed by atoms with E-state index in [1.54, 1.807) is 18.4 Å². The molecule has 1 amide bonds. The molecule has 34 heavy (non-hydrogen) atoms. The molecule has 0 spiro atoms. The van der Waals surface area contributed by atoms with Gasteiger partial charge in [-0.15, -0.1) is 0 Å². The van der Waals surface area contributed by atoms with Crippen LogP contribution in [-0.4, -0.2) is 26.5 Å². The molecule has 7 nitrogen and oxygen atoms in total. The van der Waals surface area contributed by atoms with Gasteiger partial charge in [-0.25, -0.2) is 4.98 Å². The Morgan fingerprint density at radius 1 is 1.06 bits per heavy atom. The summed E-state index contributed by atoms with van der Waals surface area (Å²) >= 11 is 0. The van der Waals surface area contributed by atoms with Crippen molar-refractivity contribution in [2.75, 3.05) is 0 Å². The number of imidazole rings is 1. The Balaban J connectivity index is 1.67. The van der Waals surface area contributed by atoms with E-state index in [4.69, 9.17) is 9.40 Å². The number of fused-ring (bicyclic) bond motifs is 1. The molecule has 4 aromatic rings. The lowest BCUT2D eigenvalue weighted by atomic mass is 10.0. The van der Waals surface area contributed by atoms with Gasteiger partial charge < -0.3 is 19.4 Å². The highest BCUT2D eigenvalue weighted by Crippen LogP contribution is 2.28. The summed E-state index contributed by atoms with van der Waals surface area (Å²) < 4.78 is 7.80. The molecule has 1 unspecified atom stereocenters. The first-order valence-corrected chi connectivity index (χ1v) is 11.6.